The molecule has 1 aliphatic heterocycles. The van der Waals surface area contributed by atoms with Crippen LogP contribution in [-0.4, -0.2) is 25.6 Å². The molecule has 3 nitrogen and oxygen atoms in total. The van der Waals surface area contributed by atoms with E-state index < -0.39 is 11.7 Å². The topological polar surface area (TPSA) is 35.5 Å². The normalized spacial score (nSPS) is 16.2. The molecule has 1 saturated heterocycles. The third kappa shape index (κ3) is 7.92. The summed E-state index contributed by atoms with van der Waals surface area (Å²) < 4.78 is 49.9. The molecule has 0 aliphatic carbocycles. The van der Waals surface area contributed by atoms with Gasteiger partial charge in [-0.1, -0.05) is 43.0 Å². The van der Waals surface area contributed by atoms with Crippen molar-refractivity contribution in [2.24, 2.45) is 5.92 Å². The molecule has 0 bridgehead atoms. The summed E-state index contributed by atoms with van der Waals surface area (Å²) in [6.07, 6.45) is 4.05. The van der Waals surface area contributed by atoms with E-state index in [2.05, 4.69) is 6.58 Å². The molecular weight excluding hydrogens is 393 g/mol. The highest BCUT2D eigenvalue weighted by molar-refractivity contribution is 5.97. The van der Waals surface area contributed by atoms with Crippen LogP contribution in [0.1, 0.15) is 43.7 Å². The number of ether oxygens (including phenoxy) is 2. The number of hydrogen-bond acceptors (Lipinski definition) is 3. The Morgan fingerprint density at radius 2 is 1.93 bits per heavy atom. The van der Waals surface area contributed by atoms with Crippen LogP contribution in [0.3, 0.4) is 0 Å². The predicted molar refractivity (Wildman–Crippen MR) is 111 cm³/mol. The molecule has 0 saturated carbocycles. The fourth-order valence-corrected chi connectivity index (χ4v) is 3.26. The van der Waals surface area contributed by atoms with Gasteiger partial charge in [-0.3, -0.25) is 4.79 Å². The number of carbonyl (C=O) groups excluding carboxylic acids is 1. The second-order valence-electron chi connectivity index (χ2n) is 7.39. The molecule has 6 heteroatoms. The molecule has 0 spiro atoms. The number of halogens is 3. The van der Waals surface area contributed by atoms with Gasteiger partial charge in [0.2, 0.25) is 0 Å². The van der Waals surface area contributed by atoms with E-state index in [-0.39, 0.29) is 24.6 Å². The average Bonchev–Trinajstić information content (AvgIpc) is 2.74. The standard InChI is InChI=1S/C24H29F3O3/c1-3-19(16-30-17-21-6-4-5-7-22(21)24(25,26)27)9-8-18(2)23(28)11-10-20-12-14-29-15-13-20/h3-9,20H,2,10-17H2,1H3/b9-8-,19-3+. The maximum absolute atomic E-state index is 13.0. The molecule has 30 heavy (non-hydrogen) atoms. The van der Waals surface area contributed by atoms with Gasteiger partial charge in [-0.15, -0.1) is 0 Å². The van der Waals surface area contributed by atoms with Crippen molar-refractivity contribution in [3.8, 4) is 0 Å². The Kier molecular flexibility index (Phi) is 9.53. The first-order valence-corrected chi connectivity index (χ1v) is 10.2. The Morgan fingerprint density at radius 3 is 2.60 bits per heavy atom. The van der Waals surface area contributed by atoms with Gasteiger partial charge in [-0.05, 0) is 49.3 Å². The van der Waals surface area contributed by atoms with E-state index in [0.717, 1.165) is 44.1 Å². The second kappa shape index (κ2) is 11.9. The number of ketones is 1. The van der Waals surface area contributed by atoms with Crippen LogP contribution in [0.2, 0.25) is 0 Å². The molecule has 1 aromatic rings. The van der Waals surface area contributed by atoms with Gasteiger partial charge < -0.3 is 9.47 Å². The van der Waals surface area contributed by atoms with E-state index in [1.807, 2.05) is 6.92 Å². The van der Waals surface area contributed by atoms with Gasteiger partial charge in [-0.25, -0.2) is 0 Å². The van der Waals surface area contributed by atoms with Crippen LogP contribution in [0, 0.1) is 5.92 Å². The molecule has 0 radical (unpaired) electrons. The van der Waals surface area contributed by atoms with Crippen LogP contribution in [0.4, 0.5) is 13.2 Å². The van der Waals surface area contributed by atoms with Crippen molar-refractivity contribution in [2.45, 2.75) is 45.4 Å². The third-order valence-corrected chi connectivity index (χ3v) is 5.20. The fourth-order valence-electron chi connectivity index (χ4n) is 3.26. The number of benzene rings is 1. The van der Waals surface area contributed by atoms with Crippen molar-refractivity contribution in [3.05, 3.63) is 71.3 Å². The lowest BCUT2D eigenvalue weighted by molar-refractivity contribution is -0.138. The van der Waals surface area contributed by atoms with Gasteiger partial charge in [0.25, 0.3) is 0 Å². The van der Waals surface area contributed by atoms with E-state index in [1.54, 1.807) is 24.3 Å². The predicted octanol–water partition coefficient (Wildman–Crippen LogP) is 6.06. The van der Waals surface area contributed by atoms with E-state index >= 15 is 0 Å². The maximum Gasteiger partial charge on any atom is 0.416 e. The van der Waals surface area contributed by atoms with Crippen molar-refractivity contribution in [1.29, 1.82) is 0 Å². The Balaban J connectivity index is 1.80. The molecule has 1 aliphatic rings. The summed E-state index contributed by atoms with van der Waals surface area (Å²) in [4.78, 5) is 12.3. The van der Waals surface area contributed by atoms with Gasteiger partial charge in [0.05, 0.1) is 18.8 Å². The smallest absolute Gasteiger partial charge is 0.381 e. The molecule has 0 amide bonds. The summed E-state index contributed by atoms with van der Waals surface area (Å²) in [7, 11) is 0. The number of rotatable bonds is 10. The van der Waals surface area contributed by atoms with Crippen LogP contribution in [0.15, 0.2) is 60.2 Å². The SMILES string of the molecule is C=C(/C=C\C(=C/C)COCc1ccccc1C(F)(F)F)C(=O)CCC1CCOCC1. The molecule has 0 N–H and O–H groups in total. The van der Waals surface area contributed by atoms with Gasteiger partial charge in [0.15, 0.2) is 5.78 Å². The third-order valence-electron chi connectivity index (χ3n) is 5.20. The molecule has 1 fully saturated rings. The largest absolute Gasteiger partial charge is 0.416 e. The lowest BCUT2D eigenvalue weighted by Gasteiger charge is -2.21. The van der Waals surface area contributed by atoms with Crippen molar-refractivity contribution < 1.29 is 27.4 Å². The quantitative estimate of drug-likeness (QED) is 0.340. The maximum atomic E-state index is 13.0. The van der Waals surface area contributed by atoms with E-state index in [9.17, 15) is 18.0 Å². The minimum absolute atomic E-state index is 0.00761. The van der Waals surface area contributed by atoms with E-state index in [1.165, 1.54) is 12.1 Å². The summed E-state index contributed by atoms with van der Waals surface area (Å²) in [5, 5.41) is 0. The summed E-state index contributed by atoms with van der Waals surface area (Å²) >= 11 is 0. The van der Waals surface area contributed by atoms with Gasteiger partial charge in [0, 0.05) is 25.2 Å². The monoisotopic (exact) mass is 422 g/mol. The highest BCUT2D eigenvalue weighted by Gasteiger charge is 2.32. The summed E-state index contributed by atoms with van der Waals surface area (Å²) in [6, 6.07) is 5.37. The average molecular weight is 422 g/mol. The minimum atomic E-state index is -4.41. The molecule has 1 heterocycles. The van der Waals surface area contributed by atoms with Crippen molar-refractivity contribution in [2.75, 3.05) is 19.8 Å². The van der Waals surface area contributed by atoms with Gasteiger partial charge >= 0.3 is 6.18 Å². The molecule has 0 atom stereocenters. The Hall–Kier alpha value is -2.18. The molecule has 164 valence electrons. The lowest BCUT2D eigenvalue weighted by Crippen LogP contribution is -2.16. The van der Waals surface area contributed by atoms with Crippen LogP contribution in [0.25, 0.3) is 0 Å². The van der Waals surface area contributed by atoms with Crippen molar-refractivity contribution in [3.63, 3.8) is 0 Å². The minimum Gasteiger partial charge on any atom is -0.381 e. The molecule has 0 unspecified atom stereocenters. The molecule has 0 aromatic heterocycles. The first-order chi connectivity index (χ1) is 14.3. The lowest BCUT2D eigenvalue weighted by atomic mass is 9.92. The number of Topliss-reactive ketones (excluding diaryl/α,β-unsaturated/α-hetero) is 1. The van der Waals surface area contributed by atoms with Crippen molar-refractivity contribution in [1.82, 2.24) is 0 Å². The van der Waals surface area contributed by atoms with Crippen LogP contribution in [0.5, 0.6) is 0 Å². The van der Waals surface area contributed by atoms with E-state index in [0.29, 0.717) is 17.9 Å². The highest BCUT2D eigenvalue weighted by Crippen LogP contribution is 2.32. The summed E-state index contributed by atoms with van der Waals surface area (Å²) in [6.45, 7) is 7.16. The highest BCUT2D eigenvalue weighted by atomic mass is 19.4. The number of carbonyl (C=O) groups is 1. The molecule has 1 aromatic carbocycles. The molecule has 2 rings (SSSR count). The Morgan fingerprint density at radius 1 is 1.23 bits per heavy atom. The number of alkyl halides is 3. The molecular formula is C24H29F3O3. The number of hydrogen-bond donors (Lipinski definition) is 0. The van der Waals surface area contributed by atoms with Gasteiger partial charge in [-0.2, -0.15) is 13.2 Å². The Bertz CT molecular complexity index is 772. The van der Waals surface area contributed by atoms with Crippen LogP contribution < -0.4 is 0 Å². The van der Waals surface area contributed by atoms with E-state index in [4.69, 9.17) is 9.47 Å². The Labute approximate surface area is 176 Å². The zero-order valence-corrected chi connectivity index (χ0v) is 17.3. The fraction of sp³-hybridized carbons (Fsp3) is 0.458. The first-order valence-electron chi connectivity index (χ1n) is 10.2. The van der Waals surface area contributed by atoms with Crippen molar-refractivity contribution >= 4 is 5.78 Å². The van der Waals surface area contributed by atoms with Gasteiger partial charge in [0.1, 0.15) is 0 Å². The summed E-state index contributed by atoms with van der Waals surface area (Å²) in [5.41, 5.74) is 0.588. The zero-order valence-electron chi connectivity index (χ0n) is 17.3. The van der Waals surface area contributed by atoms with Crippen LogP contribution in [-0.2, 0) is 27.1 Å². The zero-order chi connectivity index (χ0) is 22.0. The number of allylic oxidation sites excluding steroid dienone is 3. The first kappa shape index (κ1) is 24.1. The van der Waals surface area contributed by atoms with Crippen LogP contribution >= 0.6 is 0 Å². The summed E-state index contributed by atoms with van der Waals surface area (Å²) in [5.74, 6) is 0.534. The second-order valence-corrected chi connectivity index (χ2v) is 7.39.